The van der Waals surface area contributed by atoms with Crippen molar-refractivity contribution in [2.24, 2.45) is 0 Å². The Bertz CT molecular complexity index is 1230. The summed E-state index contributed by atoms with van der Waals surface area (Å²) < 4.78 is 3.42. The number of fused-ring (bicyclic) bond motifs is 1. The van der Waals surface area contributed by atoms with Crippen molar-refractivity contribution in [3.05, 3.63) is 89.2 Å². The molecule has 1 amide bonds. The predicted molar refractivity (Wildman–Crippen MR) is 113 cm³/mol. The molecule has 5 rings (SSSR count). The van der Waals surface area contributed by atoms with Gasteiger partial charge in [-0.15, -0.1) is 0 Å². The average molecular weight is 399 g/mol. The Morgan fingerprint density at radius 3 is 2.80 bits per heavy atom. The van der Waals surface area contributed by atoms with E-state index in [1.165, 1.54) is 10.7 Å². The van der Waals surface area contributed by atoms with Gasteiger partial charge >= 0.3 is 0 Å². The molecule has 1 saturated heterocycles. The molecule has 1 aliphatic rings. The van der Waals surface area contributed by atoms with Gasteiger partial charge in [-0.3, -0.25) is 14.6 Å². The van der Waals surface area contributed by atoms with E-state index in [1.807, 2.05) is 58.1 Å². The largest absolute Gasteiger partial charge is 0.334 e. The summed E-state index contributed by atoms with van der Waals surface area (Å²) in [7, 11) is 0. The molecule has 150 valence electrons. The van der Waals surface area contributed by atoms with Crippen molar-refractivity contribution >= 4 is 11.4 Å². The Morgan fingerprint density at radius 2 is 1.97 bits per heavy atom. The Hall–Kier alpha value is -3.74. The normalized spacial score (nSPS) is 16.3. The highest BCUT2D eigenvalue weighted by Gasteiger charge is 2.30. The van der Waals surface area contributed by atoms with Crippen LogP contribution in [-0.2, 0) is 6.54 Å². The van der Waals surface area contributed by atoms with Gasteiger partial charge in [-0.25, -0.2) is 4.68 Å². The first-order valence-corrected chi connectivity index (χ1v) is 10.1. The van der Waals surface area contributed by atoms with Crippen molar-refractivity contribution in [1.82, 2.24) is 24.1 Å². The second-order valence-corrected chi connectivity index (χ2v) is 7.53. The maximum atomic E-state index is 13.2. The van der Waals surface area contributed by atoms with Crippen molar-refractivity contribution in [2.45, 2.75) is 25.4 Å². The summed E-state index contributed by atoms with van der Waals surface area (Å²) in [5, 5.41) is 4.54. The third-order valence-corrected chi connectivity index (χ3v) is 5.62. The van der Waals surface area contributed by atoms with E-state index in [0.29, 0.717) is 24.3 Å². The molecule has 1 fully saturated rings. The fourth-order valence-corrected chi connectivity index (χ4v) is 4.09. The lowest BCUT2D eigenvalue weighted by molar-refractivity contribution is 0.0720. The van der Waals surface area contributed by atoms with Gasteiger partial charge in [-0.05, 0) is 49.2 Å². The quantitative estimate of drug-likeness (QED) is 0.529. The number of carbonyl (C=O) groups is 1. The maximum absolute atomic E-state index is 13.2. The first kappa shape index (κ1) is 18.3. The molecule has 1 atom stereocenters. The number of pyridine rings is 2. The molecule has 0 saturated carbocycles. The lowest BCUT2D eigenvalue weighted by atomic mass is 10.2. The van der Waals surface area contributed by atoms with Gasteiger partial charge in [0.05, 0.1) is 23.8 Å². The minimum Gasteiger partial charge on any atom is -0.334 e. The van der Waals surface area contributed by atoms with Crippen LogP contribution >= 0.6 is 0 Å². The van der Waals surface area contributed by atoms with Gasteiger partial charge in [-0.1, -0.05) is 6.07 Å². The number of likely N-dealkylation sites (tertiary alicyclic amines) is 1. The lowest BCUT2D eigenvalue weighted by Gasteiger charge is -2.24. The van der Waals surface area contributed by atoms with Crippen LogP contribution in [0.5, 0.6) is 0 Å². The van der Waals surface area contributed by atoms with Crippen LogP contribution in [0, 0.1) is 0 Å². The highest BCUT2D eigenvalue weighted by molar-refractivity contribution is 5.96. The summed E-state index contributed by atoms with van der Waals surface area (Å²) in [6, 6.07) is 14.7. The zero-order valence-electron chi connectivity index (χ0n) is 16.4. The molecule has 0 bridgehead atoms. The molecular formula is C23H21N5O2. The Kier molecular flexibility index (Phi) is 4.63. The van der Waals surface area contributed by atoms with E-state index in [1.54, 1.807) is 18.5 Å². The number of aromatic nitrogens is 4. The molecule has 30 heavy (non-hydrogen) atoms. The second kappa shape index (κ2) is 7.59. The fraction of sp³-hybridized carbons (Fsp3) is 0.217. The molecular weight excluding hydrogens is 378 g/mol. The van der Waals surface area contributed by atoms with Crippen LogP contribution in [0.4, 0.5) is 0 Å². The van der Waals surface area contributed by atoms with Gasteiger partial charge in [-0.2, -0.15) is 5.10 Å². The summed E-state index contributed by atoms with van der Waals surface area (Å²) in [5.41, 5.74) is 3.10. The Morgan fingerprint density at radius 1 is 1.10 bits per heavy atom. The Balaban J connectivity index is 1.40. The van der Waals surface area contributed by atoms with Gasteiger partial charge in [0.25, 0.3) is 11.5 Å². The zero-order valence-corrected chi connectivity index (χ0v) is 16.4. The van der Waals surface area contributed by atoms with Crippen LogP contribution < -0.4 is 5.56 Å². The van der Waals surface area contributed by atoms with Crippen LogP contribution in [-0.4, -0.2) is 42.6 Å². The van der Waals surface area contributed by atoms with Crippen LogP contribution in [0.1, 0.15) is 23.2 Å². The highest BCUT2D eigenvalue weighted by atomic mass is 16.2. The maximum Gasteiger partial charge on any atom is 0.266 e. The number of carbonyl (C=O) groups excluding carboxylic acids is 1. The van der Waals surface area contributed by atoms with Gasteiger partial charge in [0.15, 0.2) is 0 Å². The standard InChI is InChI=1S/C23H21N5O2/c29-22-7-6-21(17-8-10-24-11-9-17)25-28(22)16-20-5-3-13-27(20)23(30)18-14-19-4-1-2-12-26(19)15-18/h1-2,4,6-12,14-15,20H,3,5,13,16H2. The van der Waals surface area contributed by atoms with E-state index in [4.69, 9.17) is 0 Å². The smallest absolute Gasteiger partial charge is 0.266 e. The summed E-state index contributed by atoms with van der Waals surface area (Å²) in [6.45, 7) is 1.07. The van der Waals surface area contributed by atoms with E-state index in [9.17, 15) is 9.59 Å². The van der Waals surface area contributed by atoms with Crippen molar-refractivity contribution in [3.63, 3.8) is 0 Å². The van der Waals surface area contributed by atoms with E-state index < -0.39 is 0 Å². The third-order valence-electron chi connectivity index (χ3n) is 5.62. The monoisotopic (exact) mass is 399 g/mol. The van der Waals surface area contributed by atoms with Gasteiger partial charge in [0, 0.05) is 48.5 Å². The number of hydrogen-bond donors (Lipinski definition) is 0. The van der Waals surface area contributed by atoms with Gasteiger partial charge in [0.1, 0.15) is 0 Å². The first-order chi connectivity index (χ1) is 14.7. The topological polar surface area (TPSA) is 72.5 Å². The van der Waals surface area contributed by atoms with Crippen LogP contribution in [0.15, 0.2) is 78.1 Å². The van der Waals surface area contributed by atoms with E-state index >= 15 is 0 Å². The summed E-state index contributed by atoms with van der Waals surface area (Å²) >= 11 is 0. The highest BCUT2D eigenvalue weighted by Crippen LogP contribution is 2.23. The number of nitrogens with zero attached hydrogens (tertiary/aromatic N) is 5. The number of hydrogen-bond acceptors (Lipinski definition) is 4. The minimum atomic E-state index is -0.165. The molecule has 0 N–H and O–H groups in total. The minimum absolute atomic E-state index is 0.000428. The fourth-order valence-electron chi connectivity index (χ4n) is 4.09. The molecule has 4 aromatic heterocycles. The third kappa shape index (κ3) is 3.39. The molecule has 0 spiro atoms. The predicted octanol–water partition coefficient (Wildman–Crippen LogP) is 2.86. The molecule has 0 aliphatic carbocycles. The zero-order chi connectivity index (χ0) is 20.5. The van der Waals surface area contributed by atoms with Crippen LogP contribution in [0.2, 0.25) is 0 Å². The molecule has 0 radical (unpaired) electrons. The SMILES string of the molecule is O=C(c1cc2ccccn2c1)N1CCCC1Cn1nc(-c2ccncc2)ccc1=O. The molecule has 1 unspecified atom stereocenters. The lowest BCUT2D eigenvalue weighted by Crippen LogP contribution is -2.40. The second-order valence-electron chi connectivity index (χ2n) is 7.53. The van der Waals surface area contributed by atoms with Gasteiger partial charge < -0.3 is 9.30 Å². The van der Waals surface area contributed by atoms with Crippen molar-refractivity contribution in [3.8, 4) is 11.3 Å². The summed E-state index contributed by atoms with van der Waals surface area (Å²) in [4.78, 5) is 31.5. The van der Waals surface area contributed by atoms with Crippen molar-refractivity contribution in [1.29, 1.82) is 0 Å². The average Bonchev–Trinajstić information content (AvgIpc) is 3.42. The first-order valence-electron chi connectivity index (χ1n) is 10.1. The number of amides is 1. The van der Waals surface area contributed by atoms with Gasteiger partial charge in [0.2, 0.25) is 0 Å². The summed E-state index contributed by atoms with van der Waals surface area (Å²) in [6.07, 6.45) is 8.97. The van der Waals surface area contributed by atoms with E-state index in [-0.39, 0.29) is 17.5 Å². The molecule has 0 aromatic carbocycles. The number of rotatable bonds is 4. The molecule has 5 heterocycles. The van der Waals surface area contributed by atoms with Crippen LogP contribution in [0.25, 0.3) is 16.8 Å². The van der Waals surface area contributed by atoms with Crippen LogP contribution in [0.3, 0.4) is 0 Å². The molecule has 7 nitrogen and oxygen atoms in total. The van der Waals surface area contributed by atoms with Crippen molar-refractivity contribution in [2.75, 3.05) is 6.54 Å². The molecule has 4 aromatic rings. The van der Waals surface area contributed by atoms with E-state index in [0.717, 1.165) is 23.9 Å². The summed E-state index contributed by atoms with van der Waals surface area (Å²) in [5.74, 6) is -0.000428. The molecule has 1 aliphatic heterocycles. The Labute approximate surface area is 173 Å². The molecule has 7 heteroatoms. The van der Waals surface area contributed by atoms with E-state index in [2.05, 4.69) is 10.1 Å². The van der Waals surface area contributed by atoms with Crippen molar-refractivity contribution < 1.29 is 4.79 Å².